The second-order valence-electron chi connectivity index (χ2n) is 4.99. The van der Waals surface area contributed by atoms with Gasteiger partial charge in [-0.1, -0.05) is 18.2 Å². The minimum absolute atomic E-state index is 0.597. The molecule has 0 spiro atoms. The molecule has 3 rings (SSSR count). The number of fused-ring (bicyclic) bond motifs is 1. The van der Waals surface area contributed by atoms with E-state index in [4.69, 9.17) is 9.47 Å². The van der Waals surface area contributed by atoms with Crippen molar-refractivity contribution < 1.29 is 9.47 Å². The van der Waals surface area contributed by atoms with Crippen LogP contribution in [-0.4, -0.2) is 13.7 Å². The van der Waals surface area contributed by atoms with E-state index in [9.17, 15) is 0 Å². The molecule has 2 aromatic rings. The first-order valence-electron chi connectivity index (χ1n) is 6.93. The zero-order chi connectivity index (χ0) is 13.8. The zero-order valence-corrected chi connectivity index (χ0v) is 11.7. The van der Waals surface area contributed by atoms with E-state index in [0.717, 1.165) is 31.0 Å². The van der Waals surface area contributed by atoms with Crippen molar-refractivity contribution in [1.29, 1.82) is 0 Å². The predicted molar refractivity (Wildman–Crippen MR) is 79.2 cm³/mol. The average molecular weight is 269 g/mol. The number of ether oxygens (including phenoxy) is 2. The van der Waals surface area contributed by atoms with E-state index in [-0.39, 0.29) is 0 Å². The molecule has 0 saturated carbocycles. The normalized spacial score (nSPS) is 13.7. The fraction of sp³-hybridized carbons (Fsp3) is 0.294. The van der Waals surface area contributed by atoms with Gasteiger partial charge in [0.05, 0.1) is 7.11 Å². The Morgan fingerprint density at radius 2 is 1.80 bits per heavy atom. The van der Waals surface area contributed by atoms with Crippen LogP contribution in [0, 0.1) is 0 Å². The van der Waals surface area contributed by atoms with E-state index in [1.807, 2.05) is 24.3 Å². The number of rotatable bonds is 4. The molecule has 2 aromatic carbocycles. The minimum Gasteiger partial charge on any atom is -0.497 e. The third kappa shape index (κ3) is 2.94. The molecule has 0 atom stereocenters. The zero-order valence-electron chi connectivity index (χ0n) is 11.7. The lowest BCUT2D eigenvalue weighted by Crippen LogP contribution is -2.23. The summed E-state index contributed by atoms with van der Waals surface area (Å²) in [5.41, 5.74) is 4.06. The molecule has 0 bridgehead atoms. The molecular formula is C17H19NO2. The summed E-state index contributed by atoms with van der Waals surface area (Å²) in [6.07, 6.45) is 1.12. The summed E-state index contributed by atoms with van der Waals surface area (Å²) in [6.45, 7) is 2.64. The van der Waals surface area contributed by atoms with Crippen molar-refractivity contribution in [1.82, 2.24) is 5.32 Å². The molecule has 0 aromatic heterocycles. The molecule has 0 radical (unpaired) electrons. The van der Waals surface area contributed by atoms with Crippen LogP contribution in [0.3, 0.4) is 0 Å². The molecule has 1 N–H and O–H groups in total. The summed E-state index contributed by atoms with van der Waals surface area (Å²) in [6, 6.07) is 14.3. The Bertz CT molecular complexity index is 578. The van der Waals surface area contributed by atoms with Gasteiger partial charge in [0.1, 0.15) is 18.1 Å². The van der Waals surface area contributed by atoms with Crippen molar-refractivity contribution in [2.24, 2.45) is 0 Å². The molecule has 3 nitrogen and oxygen atoms in total. The highest BCUT2D eigenvalue weighted by Gasteiger charge is 2.08. The lowest BCUT2D eigenvalue weighted by molar-refractivity contribution is 0.305. The Kier molecular flexibility index (Phi) is 3.88. The summed E-state index contributed by atoms with van der Waals surface area (Å²) in [4.78, 5) is 0. The van der Waals surface area contributed by atoms with Gasteiger partial charge in [0, 0.05) is 6.54 Å². The van der Waals surface area contributed by atoms with E-state index >= 15 is 0 Å². The van der Waals surface area contributed by atoms with E-state index in [1.54, 1.807) is 7.11 Å². The Morgan fingerprint density at radius 1 is 1.00 bits per heavy atom. The van der Waals surface area contributed by atoms with Gasteiger partial charge < -0.3 is 14.8 Å². The Morgan fingerprint density at radius 3 is 2.60 bits per heavy atom. The molecule has 0 fully saturated rings. The van der Waals surface area contributed by atoms with E-state index in [1.165, 1.54) is 16.7 Å². The highest BCUT2D eigenvalue weighted by Crippen LogP contribution is 2.20. The Hall–Kier alpha value is -2.00. The first-order valence-corrected chi connectivity index (χ1v) is 6.93. The monoisotopic (exact) mass is 269 g/mol. The van der Waals surface area contributed by atoms with Gasteiger partial charge in [-0.25, -0.2) is 0 Å². The molecule has 1 heterocycles. The summed E-state index contributed by atoms with van der Waals surface area (Å²) in [5, 5.41) is 3.40. The van der Waals surface area contributed by atoms with Gasteiger partial charge >= 0.3 is 0 Å². The second-order valence-corrected chi connectivity index (χ2v) is 4.99. The van der Waals surface area contributed by atoms with Crippen LogP contribution in [0.25, 0.3) is 0 Å². The van der Waals surface area contributed by atoms with Crippen molar-refractivity contribution in [3.8, 4) is 11.5 Å². The van der Waals surface area contributed by atoms with Crippen molar-refractivity contribution >= 4 is 0 Å². The van der Waals surface area contributed by atoms with Gasteiger partial charge in [0.2, 0.25) is 0 Å². The first-order chi connectivity index (χ1) is 9.85. The molecule has 1 aliphatic rings. The third-order valence-electron chi connectivity index (χ3n) is 3.62. The van der Waals surface area contributed by atoms with Gasteiger partial charge in [-0.05, 0) is 53.9 Å². The largest absolute Gasteiger partial charge is 0.497 e. The van der Waals surface area contributed by atoms with E-state index < -0.39 is 0 Å². The van der Waals surface area contributed by atoms with Gasteiger partial charge in [-0.2, -0.15) is 0 Å². The first kappa shape index (κ1) is 13.0. The molecule has 0 unspecified atom stereocenters. The van der Waals surface area contributed by atoms with Gasteiger partial charge in [-0.3, -0.25) is 0 Å². The fourth-order valence-electron chi connectivity index (χ4n) is 2.46. The number of hydrogen-bond donors (Lipinski definition) is 1. The number of methoxy groups -OCH3 is 1. The second kappa shape index (κ2) is 5.97. The molecule has 104 valence electrons. The lowest BCUT2D eigenvalue weighted by atomic mass is 9.99. The Labute approximate surface area is 119 Å². The molecule has 0 amide bonds. The van der Waals surface area contributed by atoms with Crippen molar-refractivity contribution in [2.75, 3.05) is 13.7 Å². The minimum atomic E-state index is 0.597. The lowest BCUT2D eigenvalue weighted by Gasteiger charge is -2.18. The summed E-state index contributed by atoms with van der Waals surface area (Å²) in [5.74, 6) is 1.71. The highest BCUT2D eigenvalue weighted by molar-refractivity contribution is 5.34. The van der Waals surface area contributed by atoms with Crippen LogP contribution in [-0.2, 0) is 19.6 Å². The van der Waals surface area contributed by atoms with Crippen LogP contribution in [0.5, 0.6) is 11.5 Å². The topological polar surface area (TPSA) is 30.5 Å². The maximum atomic E-state index is 5.81. The van der Waals surface area contributed by atoms with Crippen molar-refractivity contribution in [3.05, 3.63) is 59.2 Å². The maximum Gasteiger partial charge on any atom is 0.120 e. The van der Waals surface area contributed by atoms with Crippen LogP contribution in [0.15, 0.2) is 42.5 Å². The molecule has 0 saturated heterocycles. The predicted octanol–water partition coefficient (Wildman–Crippen LogP) is 2.92. The molecular weight excluding hydrogens is 250 g/mol. The maximum absolute atomic E-state index is 5.81. The fourth-order valence-corrected chi connectivity index (χ4v) is 2.46. The van der Waals surface area contributed by atoms with Crippen molar-refractivity contribution in [2.45, 2.75) is 19.6 Å². The van der Waals surface area contributed by atoms with E-state index in [2.05, 4.69) is 23.5 Å². The molecule has 3 heteroatoms. The highest BCUT2D eigenvalue weighted by atomic mass is 16.5. The Balaban J connectivity index is 1.65. The number of hydrogen-bond acceptors (Lipinski definition) is 3. The molecule has 1 aliphatic heterocycles. The van der Waals surface area contributed by atoms with Crippen molar-refractivity contribution in [3.63, 3.8) is 0 Å². The van der Waals surface area contributed by atoms with Gasteiger partial charge in [-0.15, -0.1) is 0 Å². The van der Waals surface area contributed by atoms with Crippen LogP contribution in [0.4, 0.5) is 0 Å². The van der Waals surface area contributed by atoms with Crippen LogP contribution < -0.4 is 14.8 Å². The van der Waals surface area contributed by atoms with Crippen LogP contribution >= 0.6 is 0 Å². The van der Waals surface area contributed by atoms with Crippen LogP contribution in [0.1, 0.15) is 16.7 Å². The third-order valence-corrected chi connectivity index (χ3v) is 3.62. The molecule has 20 heavy (non-hydrogen) atoms. The smallest absolute Gasteiger partial charge is 0.120 e. The quantitative estimate of drug-likeness (QED) is 0.925. The summed E-state index contributed by atoms with van der Waals surface area (Å²) >= 11 is 0. The van der Waals surface area contributed by atoms with E-state index in [0.29, 0.717) is 6.61 Å². The number of nitrogens with one attached hydrogen (secondary N) is 1. The van der Waals surface area contributed by atoms with Crippen LogP contribution in [0.2, 0.25) is 0 Å². The van der Waals surface area contributed by atoms with Gasteiger partial charge in [0.25, 0.3) is 0 Å². The average Bonchev–Trinajstić information content (AvgIpc) is 2.53. The summed E-state index contributed by atoms with van der Waals surface area (Å²) in [7, 11) is 1.66. The number of benzene rings is 2. The molecule has 0 aliphatic carbocycles. The SMILES string of the molecule is COc1ccc(OCc2ccc3c(c2)CNCC3)cc1. The summed E-state index contributed by atoms with van der Waals surface area (Å²) < 4.78 is 10.9. The van der Waals surface area contributed by atoms with Gasteiger partial charge in [0.15, 0.2) is 0 Å². The standard InChI is InChI=1S/C17H19NO2/c1-19-16-4-6-17(7-5-16)20-12-13-2-3-14-8-9-18-11-15(14)10-13/h2-7,10,18H,8-9,11-12H2,1H3.